The van der Waals surface area contributed by atoms with Gasteiger partial charge in [0.1, 0.15) is 30.7 Å². The molecule has 2 aromatic rings. The molecule has 7 heteroatoms. The van der Waals surface area contributed by atoms with Crippen molar-refractivity contribution in [1.82, 2.24) is 0 Å². The monoisotopic (exact) mass is 542 g/mol. The number of carbonyl (C=O) groups is 1. The Hall–Kier alpha value is -1.87. The second-order valence-electron chi connectivity index (χ2n) is 11.3. The van der Waals surface area contributed by atoms with E-state index in [1.165, 1.54) is 0 Å². The van der Waals surface area contributed by atoms with Gasteiger partial charge in [0.25, 0.3) is 0 Å². The predicted molar refractivity (Wildman–Crippen MR) is 152 cm³/mol. The number of carbonyl (C=O) groups excluding carboxylic acids is 1. The third-order valence-electron chi connectivity index (χ3n) is 7.86. The molecule has 210 valence electrons. The summed E-state index contributed by atoms with van der Waals surface area (Å²) in [6.07, 6.45) is -2.57. The summed E-state index contributed by atoms with van der Waals surface area (Å²) in [6, 6.07) is 19.8. The number of hydrogen-bond acceptors (Lipinski definition) is 6. The smallest absolute Gasteiger partial charge is 0.200 e. The predicted octanol–water partition coefficient (Wildman–Crippen LogP) is 6.07. The van der Waals surface area contributed by atoms with E-state index >= 15 is 0 Å². The van der Waals surface area contributed by atoms with Crippen LogP contribution < -0.4 is 0 Å². The molecule has 5 atom stereocenters. The lowest BCUT2D eigenvalue weighted by molar-refractivity contribution is -0.256. The highest BCUT2D eigenvalue weighted by molar-refractivity contribution is 6.77. The van der Waals surface area contributed by atoms with Crippen molar-refractivity contribution >= 4 is 14.6 Å². The topological polar surface area (TPSA) is 74.2 Å². The quantitative estimate of drug-likeness (QED) is 0.231. The van der Waals surface area contributed by atoms with Gasteiger partial charge in [-0.25, -0.2) is 0 Å². The minimum atomic E-state index is -2.19. The van der Waals surface area contributed by atoms with E-state index in [2.05, 4.69) is 41.5 Å². The lowest BCUT2D eigenvalue weighted by atomic mass is 9.93. The molecule has 38 heavy (non-hydrogen) atoms. The molecule has 0 unspecified atom stereocenters. The Bertz CT molecular complexity index is 930. The van der Waals surface area contributed by atoms with Gasteiger partial charge in [0.2, 0.25) is 0 Å². The molecule has 0 bridgehead atoms. The zero-order chi connectivity index (χ0) is 27.7. The van der Waals surface area contributed by atoms with Crippen molar-refractivity contribution in [2.75, 3.05) is 6.61 Å². The summed E-state index contributed by atoms with van der Waals surface area (Å²) in [5, 5.41) is 11.3. The number of aliphatic hydroxyl groups is 1. The van der Waals surface area contributed by atoms with Crippen LogP contribution in [0.2, 0.25) is 16.6 Å². The molecule has 1 fully saturated rings. The molecule has 0 aromatic heterocycles. The van der Waals surface area contributed by atoms with Gasteiger partial charge in [-0.3, -0.25) is 0 Å². The zero-order valence-electron chi connectivity index (χ0n) is 23.8. The first-order valence-electron chi connectivity index (χ1n) is 13.9. The summed E-state index contributed by atoms with van der Waals surface area (Å²) in [5.41, 5.74) is 3.26. The first-order valence-corrected chi connectivity index (χ1v) is 16.1. The molecule has 3 rings (SSSR count). The molecule has 0 spiro atoms. The fraction of sp³-hybridized carbons (Fsp3) is 0.581. The molecular weight excluding hydrogens is 496 g/mol. The first kappa shape index (κ1) is 30.7. The van der Waals surface area contributed by atoms with Crippen LogP contribution in [0.15, 0.2) is 60.7 Å². The van der Waals surface area contributed by atoms with E-state index in [1.54, 1.807) is 0 Å². The Morgan fingerprint density at radius 1 is 0.789 bits per heavy atom. The number of hydrogen-bond donors (Lipinski definition) is 1. The van der Waals surface area contributed by atoms with Gasteiger partial charge in [-0.15, -0.1) is 0 Å². The maximum Gasteiger partial charge on any atom is 0.200 e. The van der Waals surface area contributed by atoms with Crippen molar-refractivity contribution < 1.29 is 28.5 Å². The molecule has 1 saturated heterocycles. The number of ether oxygens (including phenoxy) is 3. The number of aliphatic hydroxyl groups excluding tert-OH is 1. The number of rotatable bonds is 14. The van der Waals surface area contributed by atoms with Crippen LogP contribution in [0.1, 0.15) is 59.1 Å². The van der Waals surface area contributed by atoms with Crippen LogP contribution in [-0.2, 0) is 36.6 Å². The van der Waals surface area contributed by atoms with Crippen LogP contribution in [0.4, 0.5) is 0 Å². The van der Waals surface area contributed by atoms with Gasteiger partial charge >= 0.3 is 0 Å². The van der Waals surface area contributed by atoms with Gasteiger partial charge in [-0.05, 0) is 27.8 Å². The fourth-order valence-corrected chi connectivity index (χ4v) is 11.5. The van der Waals surface area contributed by atoms with E-state index in [0.29, 0.717) is 36.4 Å². The molecule has 6 nitrogen and oxygen atoms in total. The van der Waals surface area contributed by atoms with Gasteiger partial charge in [0.15, 0.2) is 8.32 Å². The summed E-state index contributed by atoms with van der Waals surface area (Å²) >= 11 is 0. The minimum Gasteiger partial charge on any atom is -0.413 e. The van der Waals surface area contributed by atoms with Crippen molar-refractivity contribution in [3.63, 3.8) is 0 Å². The average Bonchev–Trinajstić information content (AvgIpc) is 2.89. The third-order valence-corrected chi connectivity index (χ3v) is 13.9. The van der Waals surface area contributed by atoms with Gasteiger partial charge in [-0.1, -0.05) is 102 Å². The Kier molecular flexibility index (Phi) is 11.7. The van der Waals surface area contributed by atoms with Crippen molar-refractivity contribution in [3.8, 4) is 0 Å². The van der Waals surface area contributed by atoms with Gasteiger partial charge < -0.3 is 28.5 Å². The molecule has 1 heterocycles. The van der Waals surface area contributed by atoms with Crippen LogP contribution >= 0.6 is 0 Å². The van der Waals surface area contributed by atoms with Crippen LogP contribution in [0.5, 0.6) is 0 Å². The summed E-state index contributed by atoms with van der Waals surface area (Å²) in [5.74, 6) is 0. The number of benzene rings is 2. The van der Waals surface area contributed by atoms with Gasteiger partial charge in [0.05, 0.1) is 25.9 Å². The summed E-state index contributed by atoms with van der Waals surface area (Å²) in [6.45, 7) is 14.5. The number of aldehydes is 1. The maximum atomic E-state index is 11.5. The van der Waals surface area contributed by atoms with Crippen LogP contribution in [0.3, 0.4) is 0 Å². The Morgan fingerprint density at radius 3 is 1.71 bits per heavy atom. The highest BCUT2D eigenvalue weighted by Crippen LogP contribution is 2.43. The van der Waals surface area contributed by atoms with Crippen molar-refractivity contribution in [1.29, 1.82) is 0 Å². The van der Waals surface area contributed by atoms with Crippen LogP contribution in [0.25, 0.3) is 0 Å². The van der Waals surface area contributed by atoms with E-state index < -0.39 is 38.8 Å². The Balaban J connectivity index is 1.90. The maximum absolute atomic E-state index is 11.5. The lowest BCUT2D eigenvalue weighted by Gasteiger charge is -2.47. The summed E-state index contributed by atoms with van der Waals surface area (Å²) in [4.78, 5) is 11.5. The van der Waals surface area contributed by atoms with Crippen molar-refractivity contribution in [3.05, 3.63) is 71.8 Å². The van der Waals surface area contributed by atoms with E-state index in [-0.39, 0.29) is 6.42 Å². The Morgan fingerprint density at radius 2 is 1.26 bits per heavy atom. The highest BCUT2D eigenvalue weighted by Gasteiger charge is 2.50. The molecule has 1 N–H and O–H groups in total. The normalized spacial score (nSPS) is 24.3. The molecule has 0 aliphatic carbocycles. The van der Waals surface area contributed by atoms with E-state index in [0.717, 1.165) is 17.4 Å². The third kappa shape index (κ3) is 7.40. The van der Waals surface area contributed by atoms with Crippen LogP contribution in [0, 0.1) is 0 Å². The second kappa shape index (κ2) is 14.5. The molecule has 0 amide bonds. The fourth-order valence-electron chi connectivity index (χ4n) is 6.08. The van der Waals surface area contributed by atoms with Crippen molar-refractivity contribution in [2.45, 2.75) is 108 Å². The average molecular weight is 543 g/mol. The SMILES string of the molecule is CC(C)[Si](OC[C@@H]1O[C@@H](CC=O)[C@@H](O)[C@@H](OCc2ccccc2)[C@@H]1OCc1ccccc1)(C(C)C)C(C)C. The summed E-state index contributed by atoms with van der Waals surface area (Å²) < 4.78 is 26.1. The molecule has 0 saturated carbocycles. The molecule has 1 aliphatic rings. The van der Waals surface area contributed by atoms with E-state index in [4.69, 9.17) is 18.6 Å². The standard InChI is InChI=1S/C31H46O6Si/c1-22(2)38(23(3)4,24(5)6)36-21-28-30(34-19-25-13-9-7-10-14-25)31(29(33)27(37-28)17-18-32)35-20-26-15-11-8-12-16-26/h7-16,18,22-24,27-31,33H,17,19-21H2,1-6H3/t27-,28-,29+,30+,31+/m0/s1. The second-order valence-corrected chi connectivity index (χ2v) is 16.7. The molecular formula is C31H46O6Si. The molecule has 0 radical (unpaired) electrons. The summed E-state index contributed by atoms with van der Waals surface area (Å²) in [7, 11) is -2.19. The highest BCUT2D eigenvalue weighted by atomic mass is 28.4. The first-order chi connectivity index (χ1) is 18.2. The molecule has 1 aliphatic heterocycles. The van der Waals surface area contributed by atoms with E-state index in [1.807, 2.05) is 60.7 Å². The largest absolute Gasteiger partial charge is 0.413 e. The molecule has 2 aromatic carbocycles. The van der Waals surface area contributed by atoms with Gasteiger partial charge in [0, 0.05) is 6.42 Å². The van der Waals surface area contributed by atoms with E-state index in [9.17, 15) is 9.90 Å². The zero-order valence-corrected chi connectivity index (χ0v) is 24.8. The van der Waals surface area contributed by atoms with Crippen LogP contribution in [-0.4, -0.2) is 56.8 Å². The Labute approximate surface area is 229 Å². The van der Waals surface area contributed by atoms with Gasteiger partial charge in [-0.2, -0.15) is 0 Å². The minimum absolute atomic E-state index is 0.0788. The lowest BCUT2D eigenvalue weighted by Crippen LogP contribution is -2.61. The van der Waals surface area contributed by atoms with Crippen molar-refractivity contribution in [2.24, 2.45) is 0 Å².